The first-order valence-corrected chi connectivity index (χ1v) is 7.74. The van der Waals surface area contributed by atoms with Gasteiger partial charge >= 0.3 is 0 Å². The van der Waals surface area contributed by atoms with Gasteiger partial charge in [0.25, 0.3) is 0 Å². The standard InChI is InChI=1S/C13H15FN2O2S/c14-11-2-1-10-7-12(19(17,18)13(10)8-11)9-16-5-3-15-4-6-16/h1-2,7-8,15H,3-6,9H2. The van der Waals surface area contributed by atoms with Crippen LogP contribution in [-0.2, 0) is 9.84 Å². The Kier molecular flexibility index (Phi) is 3.16. The first-order valence-electron chi connectivity index (χ1n) is 6.26. The molecule has 1 fully saturated rings. The first-order chi connectivity index (χ1) is 9.07. The van der Waals surface area contributed by atoms with Gasteiger partial charge in [-0.1, -0.05) is 6.07 Å². The summed E-state index contributed by atoms with van der Waals surface area (Å²) in [6, 6.07) is 3.91. The molecule has 0 atom stereocenters. The van der Waals surface area contributed by atoms with Crippen molar-refractivity contribution in [3.05, 3.63) is 34.5 Å². The predicted molar refractivity (Wildman–Crippen MR) is 70.9 cm³/mol. The summed E-state index contributed by atoms with van der Waals surface area (Å²) in [4.78, 5) is 2.56. The van der Waals surface area contributed by atoms with Crippen LogP contribution in [0.15, 0.2) is 28.0 Å². The molecule has 0 aliphatic carbocycles. The largest absolute Gasteiger partial charge is 0.314 e. The summed E-state index contributed by atoms with van der Waals surface area (Å²) in [6.45, 7) is 3.80. The number of hydrogen-bond acceptors (Lipinski definition) is 4. The summed E-state index contributed by atoms with van der Waals surface area (Å²) in [7, 11) is -3.51. The zero-order valence-electron chi connectivity index (χ0n) is 10.4. The van der Waals surface area contributed by atoms with Crippen molar-refractivity contribution < 1.29 is 12.8 Å². The summed E-state index contributed by atoms with van der Waals surface area (Å²) in [5.74, 6) is -0.515. The van der Waals surface area contributed by atoms with Crippen molar-refractivity contribution in [2.45, 2.75) is 4.90 Å². The molecule has 4 nitrogen and oxygen atoms in total. The van der Waals surface area contributed by atoms with E-state index in [1.807, 2.05) is 0 Å². The molecule has 19 heavy (non-hydrogen) atoms. The number of hydrogen-bond donors (Lipinski definition) is 1. The van der Waals surface area contributed by atoms with E-state index in [0.29, 0.717) is 17.0 Å². The highest BCUT2D eigenvalue weighted by Crippen LogP contribution is 2.33. The SMILES string of the molecule is O=S1(=O)C(CN2CCNCC2)=Cc2ccc(F)cc21. The minimum absolute atomic E-state index is 0.0950. The van der Waals surface area contributed by atoms with Crippen LogP contribution in [0.4, 0.5) is 4.39 Å². The minimum Gasteiger partial charge on any atom is -0.314 e. The lowest BCUT2D eigenvalue weighted by Gasteiger charge is -2.27. The van der Waals surface area contributed by atoms with Crippen molar-refractivity contribution in [2.24, 2.45) is 0 Å². The average molecular weight is 282 g/mol. The maximum atomic E-state index is 13.2. The molecule has 0 saturated carbocycles. The zero-order chi connectivity index (χ0) is 13.5. The van der Waals surface area contributed by atoms with Gasteiger partial charge < -0.3 is 5.32 Å². The summed E-state index contributed by atoms with van der Waals surface area (Å²) in [6.07, 6.45) is 1.66. The molecule has 1 aromatic carbocycles. The van der Waals surface area contributed by atoms with E-state index >= 15 is 0 Å². The number of fused-ring (bicyclic) bond motifs is 1. The average Bonchev–Trinajstić information content (AvgIpc) is 2.63. The van der Waals surface area contributed by atoms with E-state index in [2.05, 4.69) is 10.2 Å². The second-order valence-corrected chi connectivity index (χ2v) is 6.79. The Bertz CT molecular complexity index is 634. The molecule has 0 radical (unpaired) electrons. The molecule has 2 aliphatic rings. The molecular weight excluding hydrogens is 267 g/mol. The third-order valence-corrected chi connectivity index (χ3v) is 5.39. The van der Waals surface area contributed by atoms with Crippen molar-refractivity contribution in [1.82, 2.24) is 10.2 Å². The number of benzene rings is 1. The molecule has 0 bridgehead atoms. The highest BCUT2D eigenvalue weighted by Gasteiger charge is 2.31. The van der Waals surface area contributed by atoms with Crippen LogP contribution in [0.3, 0.4) is 0 Å². The maximum absolute atomic E-state index is 13.2. The monoisotopic (exact) mass is 282 g/mol. The van der Waals surface area contributed by atoms with Crippen molar-refractivity contribution in [1.29, 1.82) is 0 Å². The van der Waals surface area contributed by atoms with Crippen LogP contribution >= 0.6 is 0 Å². The Morgan fingerprint density at radius 3 is 2.74 bits per heavy atom. The molecule has 3 rings (SSSR count). The third kappa shape index (κ3) is 2.31. The minimum atomic E-state index is -3.51. The summed E-state index contributed by atoms with van der Waals surface area (Å²) >= 11 is 0. The van der Waals surface area contributed by atoms with E-state index in [-0.39, 0.29) is 4.90 Å². The van der Waals surface area contributed by atoms with Crippen LogP contribution in [0.2, 0.25) is 0 Å². The topological polar surface area (TPSA) is 49.4 Å². The first kappa shape index (κ1) is 12.8. The molecule has 0 amide bonds. The zero-order valence-corrected chi connectivity index (χ0v) is 11.2. The van der Waals surface area contributed by atoms with Crippen molar-refractivity contribution in [3.63, 3.8) is 0 Å². The molecule has 2 aliphatic heterocycles. The normalized spacial score (nSPS) is 22.1. The number of halogens is 1. The molecule has 1 N–H and O–H groups in total. The lowest BCUT2D eigenvalue weighted by Crippen LogP contribution is -2.44. The van der Waals surface area contributed by atoms with Crippen LogP contribution < -0.4 is 5.32 Å². The van der Waals surface area contributed by atoms with Gasteiger partial charge in [-0.3, -0.25) is 4.90 Å². The summed E-state index contributed by atoms with van der Waals surface area (Å²) in [5.41, 5.74) is 0.589. The van der Waals surface area contributed by atoms with Gasteiger partial charge in [0.05, 0.1) is 9.80 Å². The number of sulfone groups is 1. The fraction of sp³-hybridized carbons (Fsp3) is 0.385. The molecule has 0 spiro atoms. The van der Waals surface area contributed by atoms with Gasteiger partial charge in [-0.05, 0) is 23.8 Å². The second-order valence-electron chi connectivity index (χ2n) is 4.82. The summed E-state index contributed by atoms with van der Waals surface area (Å²) in [5, 5.41) is 3.22. The number of nitrogens with zero attached hydrogens (tertiary/aromatic N) is 1. The van der Waals surface area contributed by atoms with Crippen molar-refractivity contribution >= 4 is 15.9 Å². The van der Waals surface area contributed by atoms with Crippen LogP contribution in [0.25, 0.3) is 6.08 Å². The van der Waals surface area contributed by atoms with E-state index in [0.717, 1.165) is 32.2 Å². The number of nitrogens with one attached hydrogen (secondary N) is 1. The van der Waals surface area contributed by atoms with E-state index in [1.54, 1.807) is 6.08 Å². The Hall–Kier alpha value is -1.24. The molecule has 6 heteroatoms. The van der Waals surface area contributed by atoms with Gasteiger partial charge in [0, 0.05) is 32.7 Å². The Balaban J connectivity index is 1.88. The van der Waals surface area contributed by atoms with Gasteiger partial charge in [-0.2, -0.15) is 0 Å². The molecule has 1 saturated heterocycles. The molecule has 2 heterocycles. The second kappa shape index (κ2) is 4.70. The van der Waals surface area contributed by atoms with E-state index in [4.69, 9.17) is 0 Å². The Labute approximate surface area is 111 Å². The molecule has 102 valence electrons. The Morgan fingerprint density at radius 2 is 2.00 bits per heavy atom. The molecule has 1 aromatic rings. The fourth-order valence-corrected chi connectivity index (χ4v) is 4.09. The number of piperazine rings is 1. The third-order valence-electron chi connectivity index (χ3n) is 3.52. The van der Waals surface area contributed by atoms with Gasteiger partial charge in [-0.25, -0.2) is 12.8 Å². The van der Waals surface area contributed by atoms with Crippen LogP contribution in [0.1, 0.15) is 5.56 Å². The van der Waals surface area contributed by atoms with Crippen molar-refractivity contribution in [2.75, 3.05) is 32.7 Å². The van der Waals surface area contributed by atoms with Crippen LogP contribution in [0, 0.1) is 5.82 Å². The quantitative estimate of drug-likeness (QED) is 0.874. The molecule has 0 aromatic heterocycles. The van der Waals surface area contributed by atoms with Gasteiger partial charge in [0.15, 0.2) is 0 Å². The Morgan fingerprint density at radius 1 is 1.26 bits per heavy atom. The van der Waals surface area contributed by atoms with E-state index < -0.39 is 15.7 Å². The van der Waals surface area contributed by atoms with Crippen molar-refractivity contribution in [3.8, 4) is 0 Å². The maximum Gasteiger partial charge on any atom is 0.204 e. The summed E-state index contributed by atoms with van der Waals surface area (Å²) < 4.78 is 37.9. The van der Waals surface area contributed by atoms with E-state index in [9.17, 15) is 12.8 Å². The highest BCUT2D eigenvalue weighted by molar-refractivity contribution is 7.95. The van der Waals surface area contributed by atoms with Gasteiger partial charge in [-0.15, -0.1) is 0 Å². The molecule has 0 unspecified atom stereocenters. The van der Waals surface area contributed by atoms with Gasteiger partial charge in [0.1, 0.15) is 5.82 Å². The fourth-order valence-electron chi connectivity index (χ4n) is 2.47. The highest BCUT2D eigenvalue weighted by atomic mass is 32.2. The number of rotatable bonds is 2. The van der Waals surface area contributed by atoms with Crippen LogP contribution in [0.5, 0.6) is 0 Å². The lowest BCUT2D eigenvalue weighted by molar-refractivity contribution is 0.263. The lowest BCUT2D eigenvalue weighted by atomic mass is 10.2. The predicted octanol–water partition coefficient (Wildman–Crippen LogP) is 0.859. The molecular formula is C13H15FN2O2S. The smallest absolute Gasteiger partial charge is 0.204 e. The van der Waals surface area contributed by atoms with Crippen LogP contribution in [-0.4, -0.2) is 46.0 Å². The van der Waals surface area contributed by atoms with Gasteiger partial charge in [0.2, 0.25) is 9.84 Å². The van der Waals surface area contributed by atoms with E-state index in [1.165, 1.54) is 12.1 Å².